The number of hydrogen-bond acceptors (Lipinski definition) is 3. The number of carbonyl (C=O) groups excluding carboxylic acids is 2. The molecule has 0 spiro atoms. The lowest BCUT2D eigenvalue weighted by molar-refractivity contribution is -0.112. The highest BCUT2D eigenvalue weighted by Gasteiger charge is 2.23. The number of esters is 1. The van der Waals surface area contributed by atoms with E-state index in [1.165, 1.54) is 10.6 Å². The first kappa shape index (κ1) is 20.0. The van der Waals surface area contributed by atoms with Crippen molar-refractivity contribution in [3.05, 3.63) is 90.5 Å². The van der Waals surface area contributed by atoms with E-state index >= 15 is 0 Å². The Hall–Kier alpha value is -2.77. The normalized spacial score (nSPS) is 11.8. The summed E-state index contributed by atoms with van der Waals surface area (Å²) < 4.78 is 5.47. The minimum absolute atomic E-state index is 0.113. The van der Waals surface area contributed by atoms with Crippen LogP contribution < -0.4 is 15.9 Å². The van der Waals surface area contributed by atoms with Gasteiger partial charge in [0.05, 0.1) is 5.56 Å². The molecule has 3 rings (SSSR count). The fourth-order valence-corrected chi connectivity index (χ4v) is 5.37. The molecule has 0 fully saturated rings. The Balaban J connectivity index is 2.00. The van der Waals surface area contributed by atoms with Crippen molar-refractivity contribution in [2.24, 2.45) is 5.92 Å². The van der Waals surface area contributed by atoms with E-state index in [9.17, 15) is 9.59 Å². The zero-order chi connectivity index (χ0) is 19.8. The van der Waals surface area contributed by atoms with Crippen LogP contribution in [0.15, 0.2) is 84.9 Å². The summed E-state index contributed by atoms with van der Waals surface area (Å²) in [7, 11) is -0.903. The minimum atomic E-state index is -0.903. The highest BCUT2D eigenvalue weighted by molar-refractivity contribution is 7.80. The van der Waals surface area contributed by atoms with Crippen LogP contribution in [0, 0.1) is 5.92 Å². The van der Waals surface area contributed by atoms with Gasteiger partial charge in [-0.2, -0.15) is 0 Å². The quantitative estimate of drug-likeness (QED) is 0.334. The van der Waals surface area contributed by atoms with Crippen LogP contribution in [0.25, 0.3) is 0 Å². The van der Waals surface area contributed by atoms with Crippen LogP contribution >= 0.6 is 7.92 Å². The molecule has 3 aromatic carbocycles. The summed E-state index contributed by atoms with van der Waals surface area (Å²) in [6.45, 7) is 2.02. The van der Waals surface area contributed by atoms with Gasteiger partial charge in [0.15, 0.2) is 0 Å². The predicted octanol–water partition coefficient (Wildman–Crippen LogP) is 3.83. The zero-order valence-corrected chi connectivity index (χ0v) is 16.7. The first-order chi connectivity index (χ1) is 13.7. The number of benzene rings is 3. The Labute approximate surface area is 167 Å². The molecule has 0 saturated heterocycles. The molecule has 3 nitrogen and oxygen atoms in total. The number of rotatable bonds is 8. The van der Waals surface area contributed by atoms with E-state index in [1.807, 2.05) is 61.5 Å². The molecule has 0 N–H and O–H groups in total. The highest BCUT2D eigenvalue weighted by atomic mass is 31.1. The molecule has 0 aliphatic carbocycles. The molecule has 142 valence electrons. The molecule has 0 saturated carbocycles. The van der Waals surface area contributed by atoms with Crippen LogP contribution in [0.5, 0.6) is 0 Å². The molecule has 1 atom stereocenters. The molecule has 0 heterocycles. The van der Waals surface area contributed by atoms with Crippen LogP contribution in [0.1, 0.15) is 23.7 Å². The van der Waals surface area contributed by atoms with E-state index in [1.54, 1.807) is 6.07 Å². The lowest BCUT2D eigenvalue weighted by atomic mass is 10.1. The maximum atomic E-state index is 12.8. The SMILES string of the molecule is CCC(C=O)COC(=O)c1ccccc1P(c1ccccc1)c1ccccc1. The van der Waals surface area contributed by atoms with Crippen molar-refractivity contribution >= 4 is 36.1 Å². The maximum Gasteiger partial charge on any atom is 0.338 e. The zero-order valence-electron chi connectivity index (χ0n) is 15.8. The van der Waals surface area contributed by atoms with Crippen molar-refractivity contribution in [2.45, 2.75) is 13.3 Å². The Kier molecular flexibility index (Phi) is 7.11. The summed E-state index contributed by atoms with van der Waals surface area (Å²) in [6.07, 6.45) is 1.50. The first-order valence-corrected chi connectivity index (χ1v) is 10.7. The molecular formula is C24H23O3P. The van der Waals surface area contributed by atoms with Gasteiger partial charge in [-0.15, -0.1) is 0 Å². The molecule has 28 heavy (non-hydrogen) atoms. The lowest BCUT2D eigenvalue weighted by Gasteiger charge is -2.21. The van der Waals surface area contributed by atoms with Crippen LogP contribution in [-0.2, 0) is 9.53 Å². The number of carbonyl (C=O) groups is 2. The van der Waals surface area contributed by atoms with Gasteiger partial charge in [0.2, 0.25) is 0 Å². The standard InChI is InChI=1S/C24H23O3P/c1-2-19(17-25)18-27-24(26)22-15-9-10-16-23(22)28(20-11-5-3-6-12-20)21-13-7-4-8-14-21/h3-17,19H,2,18H2,1H3. The second kappa shape index (κ2) is 9.96. The molecule has 0 aliphatic rings. The molecule has 0 amide bonds. The van der Waals surface area contributed by atoms with Crippen LogP contribution in [0.3, 0.4) is 0 Å². The van der Waals surface area contributed by atoms with Crippen molar-refractivity contribution in [2.75, 3.05) is 6.61 Å². The Bertz CT molecular complexity index is 870. The van der Waals surface area contributed by atoms with Gasteiger partial charge in [0, 0.05) is 5.92 Å². The van der Waals surface area contributed by atoms with Gasteiger partial charge < -0.3 is 9.53 Å². The van der Waals surface area contributed by atoms with Gasteiger partial charge >= 0.3 is 5.97 Å². The molecular weight excluding hydrogens is 367 g/mol. The summed E-state index contributed by atoms with van der Waals surface area (Å²) in [5.41, 5.74) is 0.557. The minimum Gasteiger partial charge on any atom is -0.461 e. The average Bonchev–Trinajstić information content (AvgIpc) is 2.76. The Morgan fingerprint density at radius 1 is 0.893 bits per heavy atom. The lowest BCUT2D eigenvalue weighted by Crippen LogP contribution is -2.26. The molecule has 0 bridgehead atoms. The molecule has 0 aliphatic heterocycles. The highest BCUT2D eigenvalue weighted by Crippen LogP contribution is 2.34. The van der Waals surface area contributed by atoms with Crippen molar-refractivity contribution in [3.8, 4) is 0 Å². The number of ether oxygens (including phenoxy) is 1. The number of aldehydes is 1. The monoisotopic (exact) mass is 390 g/mol. The summed E-state index contributed by atoms with van der Waals surface area (Å²) >= 11 is 0. The largest absolute Gasteiger partial charge is 0.461 e. The van der Waals surface area contributed by atoms with Gasteiger partial charge in [-0.3, -0.25) is 0 Å². The third-order valence-electron chi connectivity index (χ3n) is 4.54. The predicted molar refractivity (Wildman–Crippen MR) is 115 cm³/mol. The van der Waals surface area contributed by atoms with Crippen LogP contribution in [-0.4, -0.2) is 18.9 Å². The van der Waals surface area contributed by atoms with Crippen molar-refractivity contribution in [3.63, 3.8) is 0 Å². The molecule has 3 aromatic rings. The fraction of sp³-hybridized carbons (Fsp3) is 0.167. The topological polar surface area (TPSA) is 43.4 Å². The van der Waals surface area contributed by atoms with E-state index in [0.29, 0.717) is 12.0 Å². The third kappa shape index (κ3) is 4.74. The molecule has 4 heteroatoms. The van der Waals surface area contributed by atoms with E-state index in [-0.39, 0.29) is 18.5 Å². The molecule has 0 radical (unpaired) electrons. The van der Waals surface area contributed by atoms with Crippen molar-refractivity contribution in [1.29, 1.82) is 0 Å². The maximum absolute atomic E-state index is 12.8. The van der Waals surface area contributed by atoms with E-state index in [0.717, 1.165) is 11.6 Å². The fourth-order valence-electron chi connectivity index (χ4n) is 2.94. The number of hydrogen-bond donors (Lipinski definition) is 0. The van der Waals surface area contributed by atoms with Gasteiger partial charge in [0.25, 0.3) is 0 Å². The second-order valence-electron chi connectivity index (χ2n) is 6.43. The van der Waals surface area contributed by atoms with Crippen LogP contribution in [0.2, 0.25) is 0 Å². The second-order valence-corrected chi connectivity index (χ2v) is 8.61. The van der Waals surface area contributed by atoms with E-state index < -0.39 is 7.92 Å². The van der Waals surface area contributed by atoms with Gasteiger partial charge in [-0.1, -0.05) is 85.8 Å². The van der Waals surface area contributed by atoms with Crippen molar-refractivity contribution in [1.82, 2.24) is 0 Å². The van der Waals surface area contributed by atoms with Gasteiger partial charge in [-0.05, 0) is 36.3 Å². The molecule has 0 aromatic heterocycles. The van der Waals surface area contributed by atoms with Crippen molar-refractivity contribution < 1.29 is 14.3 Å². The smallest absolute Gasteiger partial charge is 0.338 e. The van der Waals surface area contributed by atoms with Gasteiger partial charge in [-0.25, -0.2) is 4.79 Å². The first-order valence-electron chi connectivity index (χ1n) is 9.36. The van der Waals surface area contributed by atoms with E-state index in [2.05, 4.69) is 24.3 Å². The van der Waals surface area contributed by atoms with Gasteiger partial charge in [0.1, 0.15) is 12.9 Å². The summed E-state index contributed by atoms with van der Waals surface area (Å²) in [5, 5.41) is 3.30. The third-order valence-corrected chi connectivity index (χ3v) is 7.04. The van der Waals surface area contributed by atoms with E-state index in [4.69, 9.17) is 4.74 Å². The van der Waals surface area contributed by atoms with Crippen LogP contribution in [0.4, 0.5) is 0 Å². The molecule has 1 unspecified atom stereocenters. The Morgan fingerprint density at radius 2 is 1.43 bits per heavy atom. The summed E-state index contributed by atoms with van der Waals surface area (Å²) in [5.74, 6) is -0.642. The summed E-state index contributed by atoms with van der Waals surface area (Å²) in [4.78, 5) is 23.9. The average molecular weight is 390 g/mol. The Morgan fingerprint density at radius 3 is 1.96 bits per heavy atom. The summed E-state index contributed by atoms with van der Waals surface area (Å²) in [6, 6.07) is 28.1.